The average molecular weight is 466 g/mol. The van der Waals surface area contributed by atoms with Gasteiger partial charge < -0.3 is 4.74 Å². The molecule has 1 aromatic carbocycles. The number of rotatable bonds is 6. The third-order valence-corrected chi connectivity index (χ3v) is 5.85. The third-order valence-electron chi connectivity index (χ3n) is 3.43. The van der Waals surface area contributed by atoms with Crippen molar-refractivity contribution in [3.63, 3.8) is 0 Å². The fraction of sp³-hybridized carbons (Fsp3) is 0.167. The minimum absolute atomic E-state index is 0.0863. The molecule has 2 aromatic heterocycles. The fourth-order valence-corrected chi connectivity index (χ4v) is 4.15. The van der Waals surface area contributed by atoms with Crippen LogP contribution >= 0.6 is 38.6 Å². The summed E-state index contributed by atoms with van der Waals surface area (Å²) in [6, 6.07) is 11.1. The highest BCUT2D eigenvalue weighted by Crippen LogP contribution is 2.27. The van der Waals surface area contributed by atoms with Gasteiger partial charge in [0.25, 0.3) is 5.91 Å². The number of amides is 2. The summed E-state index contributed by atoms with van der Waals surface area (Å²) in [5.41, 5.74) is 5.43. The Morgan fingerprint density at radius 3 is 2.81 bits per heavy atom. The van der Waals surface area contributed by atoms with Gasteiger partial charge in [0, 0.05) is 9.85 Å². The lowest BCUT2D eigenvalue weighted by Gasteiger charge is -2.15. The molecule has 0 saturated heterocycles. The van der Waals surface area contributed by atoms with Gasteiger partial charge in [0.15, 0.2) is 6.10 Å². The number of hydrogen-bond donors (Lipinski definition) is 2. The Kier molecular flexibility index (Phi) is 6.59. The zero-order valence-corrected chi connectivity index (χ0v) is 17.5. The van der Waals surface area contributed by atoms with Crippen molar-refractivity contribution in [2.75, 3.05) is 0 Å². The smallest absolute Gasteiger partial charge is 0.279 e. The standard InChI is InChI=1S/C18H16BrN3O3S2/c1-11(25-14-5-2-4-12(19)8-14)17(24)22-21-16(23)9-13-10-27-18(20-13)15-6-3-7-26-15/h2-8,10-11H,9H2,1H3,(H,21,23)(H,22,24). The van der Waals surface area contributed by atoms with Gasteiger partial charge >= 0.3 is 0 Å². The SMILES string of the molecule is CC(Oc1cccc(Br)c1)C(=O)NNC(=O)Cc1csc(-c2cccs2)n1. The number of thiazole rings is 1. The fourth-order valence-electron chi connectivity index (χ4n) is 2.14. The maximum atomic E-state index is 12.1. The first-order valence-corrected chi connectivity index (χ1v) is 10.6. The zero-order chi connectivity index (χ0) is 19.2. The van der Waals surface area contributed by atoms with Gasteiger partial charge in [-0.25, -0.2) is 4.98 Å². The van der Waals surface area contributed by atoms with Gasteiger partial charge in [-0.1, -0.05) is 28.1 Å². The van der Waals surface area contributed by atoms with Gasteiger partial charge in [0.1, 0.15) is 10.8 Å². The van der Waals surface area contributed by atoms with Crippen molar-refractivity contribution in [3.05, 3.63) is 57.3 Å². The van der Waals surface area contributed by atoms with Gasteiger partial charge in [-0.15, -0.1) is 22.7 Å². The van der Waals surface area contributed by atoms with E-state index in [1.54, 1.807) is 30.4 Å². The molecule has 0 aliphatic heterocycles. The summed E-state index contributed by atoms with van der Waals surface area (Å²) >= 11 is 6.43. The molecule has 9 heteroatoms. The summed E-state index contributed by atoms with van der Waals surface area (Å²) in [5, 5.41) is 4.71. The van der Waals surface area contributed by atoms with Gasteiger partial charge in [-0.05, 0) is 36.6 Å². The highest BCUT2D eigenvalue weighted by molar-refractivity contribution is 9.10. The lowest BCUT2D eigenvalue weighted by atomic mass is 10.3. The molecule has 0 spiro atoms. The molecule has 0 fully saturated rings. The Morgan fingerprint density at radius 2 is 2.07 bits per heavy atom. The average Bonchev–Trinajstić information content (AvgIpc) is 3.31. The van der Waals surface area contributed by atoms with E-state index in [4.69, 9.17) is 4.74 Å². The molecular weight excluding hydrogens is 450 g/mol. The summed E-state index contributed by atoms with van der Waals surface area (Å²) in [6.45, 7) is 1.61. The second-order valence-corrected chi connectivity index (χ2v) is 8.27. The number of carbonyl (C=O) groups is 2. The van der Waals surface area contributed by atoms with Crippen molar-refractivity contribution in [1.29, 1.82) is 0 Å². The van der Waals surface area contributed by atoms with Crippen molar-refractivity contribution in [1.82, 2.24) is 15.8 Å². The predicted octanol–water partition coefficient (Wildman–Crippen LogP) is 3.79. The highest BCUT2D eigenvalue weighted by atomic mass is 79.9. The number of benzene rings is 1. The second kappa shape index (κ2) is 9.12. The van der Waals surface area contributed by atoms with Crippen LogP contribution in [-0.4, -0.2) is 22.9 Å². The first kappa shape index (κ1) is 19.5. The minimum Gasteiger partial charge on any atom is -0.481 e. The number of nitrogens with zero attached hydrogens (tertiary/aromatic N) is 1. The summed E-state index contributed by atoms with van der Waals surface area (Å²) in [6.07, 6.45) is -0.674. The van der Waals surface area contributed by atoms with Gasteiger partial charge in [0.2, 0.25) is 5.91 Å². The van der Waals surface area contributed by atoms with E-state index >= 15 is 0 Å². The minimum atomic E-state index is -0.760. The maximum absolute atomic E-state index is 12.1. The number of aromatic nitrogens is 1. The lowest BCUT2D eigenvalue weighted by Crippen LogP contribution is -2.47. The topological polar surface area (TPSA) is 80.3 Å². The molecule has 0 bridgehead atoms. The highest BCUT2D eigenvalue weighted by Gasteiger charge is 2.16. The van der Waals surface area contributed by atoms with Crippen LogP contribution in [0.2, 0.25) is 0 Å². The summed E-state index contributed by atoms with van der Waals surface area (Å²) in [4.78, 5) is 29.6. The van der Waals surface area contributed by atoms with E-state index in [0.29, 0.717) is 11.4 Å². The normalized spacial score (nSPS) is 11.6. The monoisotopic (exact) mass is 465 g/mol. The van der Waals surface area contributed by atoms with E-state index < -0.39 is 12.0 Å². The van der Waals surface area contributed by atoms with Crippen molar-refractivity contribution in [2.45, 2.75) is 19.4 Å². The van der Waals surface area contributed by atoms with Crippen LogP contribution in [0.1, 0.15) is 12.6 Å². The molecule has 0 aliphatic rings. The Morgan fingerprint density at radius 1 is 1.22 bits per heavy atom. The number of nitrogens with one attached hydrogen (secondary N) is 2. The van der Waals surface area contributed by atoms with Crippen LogP contribution in [0, 0.1) is 0 Å². The molecule has 1 atom stereocenters. The van der Waals surface area contributed by atoms with Crippen LogP contribution in [0.5, 0.6) is 5.75 Å². The Hall–Kier alpha value is -2.23. The quantitative estimate of drug-likeness (QED) is 0.542. The number of carbonyl (C=O) groups excluding carboxylic acids is 2. The predicted molar refractivity (Wildman–Crippen MR) is 110 cm³/mol. The van der Waals surface area contributed by atoms with Crippen molar-refractivity contribution >= 4 is 50.4 Å². The Labute approximate surface area is 172 Å². The molecule has 1 unspecified atom stereocenters. The van der Waals surface area contributed by atoms with Crippen LogP contribution in [-0.2, 0) is 16.0 Å². The molecule has 0 aliphatic carbocycles. The van der Waals surface area contributed by atoms with E-state index in [0.717, 1.165) is 14.4 Å². The molecule has 0 radical (unpaired) electrons. The summed E-state index contributed by atoms with van der Waals surface area (Å²) < 4.78 is 6.40. The summed E-state index contributed by atoms with van der Waals surface area (Å²) in [5.74, 6) is -0.233. The first-order valence-electron chi connectivity index (χ1n) is 8.00. The largest absolute Gasteiger partial charge is 0.481 e. The van der Waals surface area contributed by atoms with Gasteiger partial charge in [-0.3, -0.25) is 20.4 Å². The molecular formula is C18H16BrN3O3S2. The molecule has 27 heavy (non-hydrogen) atoms. The first-order chi connectivity index (χ1) is 13.0. The van der Waals surface area contributed by atoms with E-state index in [9.17, 15) is 9.59 Å². The van der Waals surface area contributed by atoms with Crippen LogP contribution in [0.4, 0.5) is 0 Å². The van der Waals surface area contributed by atoms with Crippen LogP contribution in [0.15, 0.2) is 51.6 Å². The molecule has 2 amide bonds. The van der Waals surface area contributed by atoms with Crippen LogP contribution < -0.4 is 15.6 Å². The third kappa shape index (κ3) is 5.62. The van der Waals surface area contributed by atoms with Crippen LogP contribution in [0.25, 0.3) is 9.88 Å². The van der Waals surface area contributed by atoms with E-state index in [-0.39, 0.29) is 12.3 Å². The van der Waals surface area contributed by atoms with Crippen LogP contribution in [0.3, 0.4) is 0 Å². The Balaban J connectivity index is 1.46. The van der Waals surface area contributed by atoms with E-state index in [2.05, 4.69) is 31.8 Å². The molecule has 6 nitrogen and oxygen atoms in total. The second-order valence-electron chi connectivity index (χ2n) is 5.55. The molecule has 0 saturated carbocycles. The number of halogens is 1. The molecule has 2 heterocycles. The van der Waals surface area contributed by atoms with Gasteiger partial charge in [-0.2, -0.15) is 0 Å². The number of hydrogen-bond acceptors (Lipinski definition) is 6. The van der Waals surface area contributed by atoms with Gasteiger partial charge in [0.05, 0.1) is 17.0 Å². The zero-order valence-electron chi connectivity index (χ0n) is 14.3. The maximum Gasteiger partial charge on any atom is 0.279 e. The molecule has 3 aromatic rings. The van der Waals surface area contributed by atoms with E-state index in [1.807, 2.05) is 35.0 Å². The molecule has 2 N–H and O–H groups in total. The molecule has 3 rings (SSSR count). The van der Waals surface area contributed by atoms with Crippen molar-refractivity contribution in [2.24, 2.45) is 0 Å². The number of thiophene rings is 1. The number of hydrazine groups is 1. The lowest BCUT2D eigenvalue weighted by molar-refractivity contribution is -0.132. The Bertz CT molecular complexity index is 928. The molecule has 140 valence electrons. The number of ether oxygens (including phenoxy) is 1. The summed E-state index contributed by atoms with van der Waals surface area (Å²) in [7, 11) is 0. The van der Waals surface area contributed by atoms with E-state index in [1.165, 1.54) is 11.3 Å². The van der Waals surface area contributed by atoms with Crippen molar-refractivity contribution < 1.29 is 14.3 Å². The van der Waals surface area contributed by atoms with Crippen molar-refractivity contribution in [3.8, 4) is 15.6 Å².